The summed E-state index contributed by atoms with van der Waals surface area (Å²) in [6.07, 6.45) is 2.73. The maximum atomic E-state index is 4.54. The minimum absolute atomic E-state index is 0.605. The van der Waals surface area contributed by atoms with Crippen LogP contribution in [0.15, 0.2) is 60.8 Å². The van der Waals surface area contributed by atoms with Crippen LogP contribution in [0.1, 0.15) is 16.7 Å². The molecule has 4 heteroatoms. The lowest BCUT2D eigenvalue weighted by molar-refractivity contribution is 1.00. The summed E-state index contributed by atoms with van der Waals surface area (Å²) in [7, 11) is 0. The van der Waals surface area contributed by atoms with Gasteiger partial charge in [-0.3, -0.25) is 0 Å². The fourth-order valence-corrected chi connectivity index (χ4v) is 2.50. The Morgan fingerprint density at radius 1 is 0.917 bits per heavy atom. The third kappa shape index (κ3) is 4.10. The topological polar surface area (TPSA) is 49.8 Å². The monoisotopic (exact) mass is 318 g/mol. The first-order chi connectivity index (χ1) is 11.7. The van der Waals surface area contributed by atoms with Crippen molar-refractivity contribution in [2.75, 3.05) is 17.2 Å². The van der Waals surface area contributed by atoms with E-state index in [4.69, 9.17) is 0 Å². The highest BCUT2D eigenvalue weighted by Crippen LogP contribution is 2.21. The van der Waals surface area contributed by atoms with Crippen molar-refractivity contribution in [3.63, 3.8) is 0 Å². The van der Waals surface area contributed by atoms with Crippen molar-refractivity contribution in [3.05, 3.63) is 77.5 Å². The molecule has 0 amide bonds. The van der Waals surface area contributed by atoms with E-state index in [1.165, 1.54) is 16.7 Å². The number of anilines is 3. The molecule has 0 atom stereocenters. The Kier molecular flexibility index (Phi) is 5.06. The number of nitrogens with one attached hydrogen (secondary N) is 2. The molecule has 2 N–H and O–H groups in total. The number of nitrogens with zero attached hydrogens (tertiary/aromatic N) is 2. The lowest BCUT2D eigenvalue weighted by atomic mass is 10.1. The third-order valence-electron chi connectivity index (χ3n) is 4.07. The third-order valence-corrected chi connectivity index (χ3v) is 4.07. The van der Waals surface area contributed by atoms with Crippen molar-refractivity contribution in [2.24, 2.45) is 0 Å². The smallest absolute Gasteiger partial charge is 0.229 e. The lowest BCUT2D eigenvalue weighted by Gasteiger charge is -2.11. The molecule has 0 unspecified atom stereocenters. The molecule has 0 saturated carbocycles. The quantitative estimate of drug-likeness (QED) is 0.703. The van der Waals surface area contributed by atoms with Gasteiger partial charge in [-0.15, -0.1) is 0 Å². The molecule has 0 radical (unpaired) electrons. The first-order valence-electron chi connectivity index (χ1n) is 8.16. The Morgan fingerprint density at radius 3 is 2.58 bits per heavy atom. The fourth-order valence-electron chi connectivity index (χ4n) is 2.50. The van der Waals surface area contributed by atoms with E-state index in [9.17, 15) is 0 Å². The summed E-state index contributed by atoms with van der Waals surface area (Å²) in [5, 5.41) is 6.65. The second kappa shape index (κ2) is 7.59. The first kappa shape index (κ1) is 16.0. The molecule has 122 valence electrons. The summed E-state index contributed by atoms with van der Waals surface area (Å²) in [6.45, 7) is 5.03. The van der Waals surface area contributed by atoms with Gasteiger partial charge < -0.3 is 10.6 Å². The SMILES string of the molecule is Cc1cccc(Nc2nccc(NCCc3ccccc3)n2)c1C. The Balaban J connectivity index is 1.62. The maximum Gasteiger partial charge on any atom is 0.229 e. The molecule has 3 aromatic rings. The highest BCUT2D eigenvalue weighted by Gasteiger charge is 2.04. The average Bonchev–Trinajstić information content (AvgIpc) is 2.60. The van der Waals surface area contributed by atoms with Gasteiger partial charge in [-0.2, -0.15) is 4.98 Å². The Hall–Kier alpha value is -2.88. The van der Waals surface area contributed by atoms with E-state index < -0.39 is 0 Å². The van der Waals surface area contributed by atoms with E-state index in [2.05, 4.69) is 64.8 Å². The summed E-state index contributed by atoms with van der Waals surface area (Å²) < 4.78 is 0. The van der Waals surface area contributed by atoms with E-state index in [1.54, 1.807) is 6.20 Å². The molecule has 24 heavy (non-hydrogen) atoms. The average molecular weight is 318 g/mol. The van der Waals surface area contributed by atoms with Gasteiger partial charge in [0.1, 0.15) is 5.82 Å². The predicted octanol–water partition coefficient (Wildman–Crippen LogP) is 4.49. The molecule has 0 fully saturated rings. The molecular weight excluding hydrogens is 296 g/mol. The van der Waals surface area contributed by atoms with Crippen molar-refractivity contribution in [2.45, 2.75) is 20.3 Å². The van der Waals surface area contributed by atoms with Crippen LogP contribution in [0.4, 0.5) is 17.5 Å². The molecule has 3 rings (SSSR count). The van der Waals surface area contributed by atoms with Crippen LogP contribution in [0.25, 0.3) is 0 Å². The van der Waals surface area contributed by atoms with Crippen molar-refractivity contribution in [3.8, 4) is 0 Å². The van der Waals surface area contributed by atoms with E-state index in [0.717, 1.165) is 24.5 Å². The molecule has 1 aromatic heterocycles. The summed E-state index contributed by atoms with van der Waals surface area (Å²) >= 11 is 0. The molecular formula is C20H22N4. The van der Waals surface area contributed by atoms with E-state index in [0.29, 0.717) is 5.95 Å². The van der Waals surface area contributed by atoms with Gasteiger partial charge in [-0.1, -0.05) is 42.5 Å². The van der Waals surface area contributed by atoms with Gasteiger partial charge in [0, 0.05) is 18.4 Å². The number of aromatic nitrogens is 2. The summed E-state index contributed by atoms with van der Waals surface area (Å²) in [5.41, 5.74) is 4.81. The number of hydrogen-bond donors (Lipinski definition) is 2. The molecule has 0 saturated heterocycles. The number of rotatable bonds is 6. The summed E-state index contributed by atoms with van der Waals surface area (Å²) in [6, 6.07) is 18.5. The molecule has 0 aliphatic rings. The van der Waals surface area contributed by atoms with Crippen LogP contribution in [0.3, 0.4) is 0 Å². The van der Waals surface area contributed by atoms with Gasteiger partial charge in [0.15, 0.2) is 0 Å². The largest absolute Gasteiger partial charge is 0.370 e. The zero-order valence-electron chi connectivity index (χ0n) is 14.1. The minimum Gasteiger partial charge on any atom is -0.370 e. The molecule has 2 aromatic carbocycles. The number of hydrogen-bond acceptors (Lipinski definition) is 4. The van der Waals surface area contributed by atoms with Crippen molar-refractivity contribution >= 4 is 17.5 Å². The second-order valence-corrected chi connectivity index (χ2v) is 5.80. The standard InChI is InChI=1S/C20H22N4/c1-15-7-6-10-18(16(15)2)23-20-22-14-12-19(24-20)21-13-11-17-8-4-3-5-9-17/h3-10,12,14H,11,13H2,1-2H3,(H2,21,22,23,24). The molecule has 0 aliphatic heterocycles. The van der Waals surface area contributed by atoms with Gasteiger partial charge >= 0.3 is 0 Å². The van der Waals surface area contributed by atoms with Gasteiger partial charge in [0.05, 0.1) is 0 Å². The first-order valence-corrected chi connectivity index (χ1v) is 8.16. The Bertz CT molecular complexity index is 800. The second-order valence-electron chi connectivity index (χ2n) is 5.80. The number of benzene rings is 2. The van der Waals surface area contributed by atoms with Gasteiger partial charge in [0.25, 0.3) is 0 Å². The van der Waals surface area contributed by atoms with Gasteiger partial charge in [0.2, 0.25) is 5.95 Å². The highest BCUT2D eigenvalue weighted by molar-refractivity contribution is 5.60. The van der Waals surface area contributed by atoms with Crippen LogP contribution in [0, 0.1) is 13.8 Å². The normalized spacial score (nSPS) is 10.4. The van der Waals surface area contributed by atoms with Crippen LogP contribution in [-0.2, 0) is 6.42 Å². The van der Waals surface area contributed by atoms with Crippen LogP contribution < -0.4 is 10.6 Å². The van der Waals surface area contributed by atoms with Crippen molar-refractivity contribution in [1.29, 1.82) is 0 Å². The molecule has 0 aliphatic carbocycles. The van der Waals surface area contributed by atoms with Crippen LogP contribution in [0.2, 0.25) is 0 Å². The molecule has 0 bridgehead atoms. The summed E-state index contributed by atoms with van der Waals surface area (Å²) in [5.74, 6) is 1.43. The highest BCUT2D eigenvalue weighted by atomic mass is 15.1. The fraction of sp³-hybridized carbons (Fsp3) is 0.200. The maximum absolute atomic E-state index is 4.54. The molecule has 4 nitrogen and oxygen atoms in total. The van der Waals surface area contributed by atoms with Crippen molar-refractivity contribution < 1.29 is 0 Å². The van der Waals surface area contributed by atoms with Crippen LogP contribution in [-0.4, -0.2) is 16.5 Å². The van der Waals surface area contributed by atoms with Gasteiger partial charge in [-0.25, -0.2) is 4.98 Å². The zero-order chi connectivity index (χ0) is 16.8. The summed E-state index contributed by atoms with van der Waals surface area (Å²) in [4.78, 5) is 8.85. The van der Waals surface area contributed by atoms with Gasteiger partial charge in [-0.05, 0) is 49.1 Å². The molecule has 0 spiro atoms. The van der Waals surface area contributed by atoms with Crippen LogP contribution >= 0.6 is 0 Å². The minimum atomic E-state index is 0.605. The van der Waals surface area contributed by atoms with E-state index >= 15 is 0 Å². The number of aryl methyl sites for hydroxylation is 1. The Labute approximate surface area is 143 Å². The Morgan fingerprint density at radius 2 is 1.75 bits per heavy atom. The van der Waals surface area contributed by atoms with E-state index in [-0.39, 0.29) is 0 Å². The van der Waals surface area contributed by atoms with Crippen molar-refractivity contribution in [1.82, 2.24) is 9.97 Å². The lowest BCUT2D eigenvalue weighted by Crippen LogP contribution is -2.08. The predicted molar refractivity (Wildman–Crippen MR) is 99.9 cm³/mol. The van der Waals surface area contributed by atoms with Crippen LogP contribution in [0.5, 0.6) is 0 Å². The van der Waals surface area contributed by atoms with E-state index in [1.807, 2.05) is 24.3 Å². The molecule has 1 heterocycles. The zero-order valence-corrected chi connectivity index (χ0v) is 14.1.